The van der Waals surface area contributed by atoms with E-state index < -0.39 is 35.9 Å². The fourth-order valence-corrected chi connectivity index (χ4v) is 3.96. The van der Waals surface area contributed by atoms with Gasteiger partial charge in [-0.1, -0.05) is 42.5 Å². The van der Waals surface area contributed by atoms with E-state index in [1.165, 1.54) is 37.4 Å². The number of ether oxygens (including phenoxy) is 2. The number of halogens is 5. The van der Waals surface area contributed by atoms with E-state index in [4.69, 9.17) is 4.74 Å². The first-order valence-corrected chi connectivity index (χ1v) is 10.2. The van der Waals surface area contributed by atoms with E-state index in [0.29, 0.717) is 16.7 Å². The zero-order valence-corrected chi connectivity index (χ0v) is 17.8. The standard InChI is InChI=1S/C25H18F5NO3/c1-33-24(32)18-13-21(22-19(26)3-2-4-20(22)27)31-23(18)16-7-5-14(6-8-16)15-9-11-17(12-10-15)34-25(28,29)30/h2-12,18,23H,13H2,1H3. The van der Waals surface area contributed by atoms with E-state index in [1.807, 2.05) is 0 Å². The zero-order chi connectivity index (χ0) is 24.5. The van der Waals surface area contributed by atoms with Crippen LogP contribution in [0.15, 0.2) is 71.7 Å². The maximum absolute atomic E-state index is 14.3. The van der Waals surface area contributed by atoms with Crippen LogP contribution in [-0.2, 0) is 9.53 Å². The molecule has 3 aromatic carbocycles. The molecule has 1 heterocycles. The van der Waals surface area contributed by atoms with Gasteiger partial charge < -0.3 is 9.47 Å². The maximum Gasteiger partial charge on any atom is 0.573 e. The lowest BCUT2D eigenvalue weighted by molar-refractivity contribution is -0.274. The average molecular weight is 475 g/mol. The molecule has 176 valence electrons. The molecule has 34 heavy (non-hydrogen) atoms. The Morgan fingerprint density at radius 2 is 1.47 bits per heavy atom. The summed E-state index contributed by atoms with van der Waals surface area (Å²) >= 11 is 0. The number of esters is 1. The van der Waals surface area contributed by atoms with Crippen molar-refractivity contribution in [2.75, 3.05) is 7.11 Å². The first-order chi connectivity index (χ1) is 16.2. The molecule has 0 amide bonds. The molecule has 3 aromatic rings. The van der Waals surface area contributed by atoms with Gasteiger partial charge in [-0.05, 0) is 41.0 Å². The number of nitrogens with zero attached hydrogens (tertiary/aromatic N) is 1. The summed E-state index contributed by atoms with van der Waals surface area (Å²) in [6.45, 7) is 0. The molecular formula is C25H18F5NO3. The molecule has 4 rings (SSSR count). The second-order valence-electron chi connectivity index (χ2n) is 7.65. The predicted octanol–water partition coefficient (Wildman–Crippen LogP) is 6.25. The fraction of sp³-hybridized carbons (Fsp3) is 0.200. The van der Waals surface area contributed by atoms with Crippen molar-refractivity contribution in [1.29, 1.82) is 0 Å². The van der Waals surface area contributed by atoms with Crippen molar-refractivity contribution < 1.29 is 36.2 Å². The summed E-state index contributed by atoms with van der Waals surface area (Å²) in [5, 5.41) is 0. The molecule has 0 spiro atoms. The van der Waals surface area contributed by atoms with Crippen LogP contribution in [-0.4, -0.2) is 25.2 Å². The summed E-state index contributed by atoms with van der Waals surface area (Å²) in [5.74, 6) is -3.18. The number of hydrogen-bond acceptors (Lipinski definition) is 4. The van der Waals surface area contributed by atoms with E-state index in [1.54, 1.807) is 24.3 Å². The Morgan fingerprint density at radius 1 is 0.912 bits per heavy atom. The van der Waals surface area contributed by atoms with E-state index in [2.05, 4.69) is 9.73 Å². The molecule has 0 aliphatic carbocycles. The Kier molecular flexibility index (Phi) is 6.37. The van der Waals surface area contributed by atoms with Crippen LogP contribution >= 0.6 is 0 Å². The molecule has 0 N–H and O–H groups in total. The lowest BCUT2D eigenvalue weighted by Crippen LogP contribution is -2.20. The molecule has 0 bridgehead atoms. The highest BCUT2D eigenvalue weighted by Gasteiger charge is 2.38. The van der Waals surface area contributed by atoms with Crippen molar-refractivity contribution in [3.05, 3.63) is 89.5 Å². The van der Waals surface area contributed by atoms with Crippen molar-refractivity contribution in [1.82, 2.24) is 0 Å². The molecule has 1 aliphatic heterocycles. The minimum atomic E-state index is -4.77. The third-order valence-corrected chi connectivity index (χ3v) is 5.52. The minimum absolute atomic E-state index is 0.0115. The summed E-state index contributed by atoms with van der Waals surface area (Å²) in [4.78, 5) is 16.9. The topological polar surface area (TPSA) is 47.9 Å². The largest absolute Gasteiger partial charge is 0.573 e. The molecule has 2 unspecified atom stereocenters. The molecule has 2 atom stereocenters. The summed E-state index contributed by atoms with van der Waals surface area (Å²) in [7, 11) is 1.23. The van der Waals surface area contributed by atoms with Gasteiger partial charge in [0.05, 0.1) is 24.6 Å². The smallest absolute Gasteiger partial charge is 0.469 e. The third kappa shape index (κ3) is 4.93. The highest BCUT2D eigenvalue weighted by Crippen LogP contribution is 2.39. The summed E-state index contributed by atoms with van der Waals surface area (Å²) in [6.07, 6.45) is -4.76. The number of carbonyl (C=O) groups is 1. The van der Waals surface area contributed by atoms with Gasteiger partial charge in [-0.3, -0.25) is 9.79 Å². The number of benzene rings is 3. The Morgan fingerprint density at radius 3 is 2.00 bits per heavy atom. The maximum atomic E-state index is 14.3. The third-order valence-electron chi connectivity index (χ3n) is 5.52. The van der Waals surface area contributed by atoms with Gasteiger partial charge in [-0.15, -0.1) is 13.2 Å². The summed E-state index contributed by atoms with van der Waals surface area (Å²) < 4.78 is 74.4. The van der Waals surface area contributed by atoms with Gasteiger partial charge >= 0.3 is 12.3 Å². The second-order valence-corrected chi connectivity index (χ2v) is 7.65. The summed E-state index contributed by atoms with van der Waals surface area (Å²) in [5.41, 5.74) is 1.86. The Hall–Kier alpha value is -3.75. The van der Waals surface area contributed by atoms with Gasteiger partial charge in [-0.25, -0.2) is 8.78 Å². The SMILES string of the molecule is COC(=O)C1CC(c2c(F)cccc2F)=NC1c1ccc(-c2ccc(OC(F)(F)F)cc2)cc1. The predicted molar refractivity (Wildman–Crippen MR) is 114 cm³/mol. The van der Waals surface area contributed by atoms with Crippen LogP contribution in [0.5, 0.6) is 5.75 Å². The first-order valence-electron chi connectivity index (χ1n) is 10.2. The van der Waals surface area contributed by atoms with Gasteiger partial charge in [0, 0.05) is 12.1 Å². The molecular weight excluding hydrogens is 457 g/mol. The van der Waals surface area contributed by atoms with Gasteiger partial charge in [0.25, 0.3) is 0 Å². The van der Waals surface area contributed by atoms with Crippen molar-refractivity contribution in [3.63, 3.8) is 0 Å². The summed E-state index contributed by atoms with van der Waals surface area (Å²) in [6, 6.07) is 15.0. The molecule has 1 aliphatic rings. The van der Waals surface area contributed by atoms with Crippen LogP contribution in [0.4, 0.5) is 22.0 Å². The number of aliphatic imine (C=N–C) groups is 1. The van der Waals surface area contributed by atoms with Crippen LogP contribution in [0.1, 0.15) is 23.6 Å². The van der Waals surface area contributed by atoms with Crippen LogP contribution in [0.25, 0.3) is 11.1 Å². The van der Waals surface area contributed by atoms with Gasteiger partial charge in [-0.2, -0.15) is 0 Å². The monoisotopic (exact) mass is 475 g/mol. The van der Waals surface area contributed by atoms with Crippen molar-refractivity contribution >= 4 is 11.7 Å². The van der Waals surface area contributed by atoms with E-state index in [9.17, 15) is 26.7 Å². The average Bonchev–Trinajstić information content (AvgIpc) is 3.23. The van der Waals surface area contributed by atoms with Gasteiger partial charge in [0.2, 0.25) is 0 Å². The molecule has 0 saturated heterocycles. The first kappa shape index (κ1) is 23.4. The molecule has 0 aromatic heterocycles. The van der Waals surface area contributed by atoms with E-state index in [0.717, 1.165) is 12.1 Å². The number of methoxy groups -OCH3 is 1. The highest BCUT2D eigenvalue weighted by atomic mass is 19.4. The van der Waals surface area contributed by atoms with Gasteiger partial charge in [0.15, 0.2) is 0 Å². The van der Waals surface area contributed by atoms with E-state index in [-0.39, 0.29) is 23.4 Å². The molecule has 0 radical (unpaired) electrons. The Bertz CT molecular complexity index is 1200. The Labute approximate surface area is 191 Å². The van der Waals surface area contributed by atoms with Crippen molar-refractivity contribution in [2.24, 2.45) is 10.9 Å². The molecule has 0 saturated carbocycles. The highest BCUT2D eigenvalue weighted by molar-refractivity contribution is 6.04. The fourth-order valence-electron chi connectivity index (χ4n) is 3.96. The Balaban J connectivity index is 1.62. The van der Waals surface area contributed by atoms with Crippen LogP contribution in [0, 0.1) is 17.6 Å². The number of hydrogen-bond donors (Lipinski definition) is 0. The van der Waals surface area contributed by atoms with Crippen molar-refractivity contribution in [2.45, 2.75) is 18.8 Å². The van der Waals surface area contributed by atoms with E-state index >= 15 is 0 Å². The van der Waals surface area contributed by atoms with Gasteiger partial charge in [0.1, 0.15) is 17.4 Å². The molecule has 0 fully saturated rings. The van der Waals surface area contributed by atoms with Crippen molar-refractivity contribution in [3.8, 4) is 16.9 Å². The lowest BCUT2D eigenvalue weighted by Gasteiger charge is -2.16. The second kappa shape index (κ2) is 9.24. The zero-order valence-electron chi connectivity index (χ0n) is 17.8. The minimum Gasteiger partial charge on any atom is -0.469 e. The number of rotatable bonds is 5. The lowest BCUT2D eigenvalue weighted by atomic mass is 9.90. The number of alkyl halides is 3. The quantitative estimate of drug-likeness (QED) is 0.324. The molecule has 4 nitrogen and oxygen atoms in total. The molecule has 9 heteroatoms. The van der Waals surface area contributed by atoms with Crippen LogP contribution in [0.2, 0.25) is 0 Å². The van der Waals surface area contributed by atoms with Crippen LogP contribution in [0.3, 0.4) is 0 Å². The normalized spacial score (nSPS) is 17.9. The van der Waals surface area contributed by atoms with Crippen LogP contribution < -0.4 is 4.74 Å². The number of carbonyl (C=O) groups excluding carboxylic acids is 1.